The van der Waals surface area contributed by atoms with Crippen molar-refractivity contribution in [1.82, 2.24) is 20.1 Å². The number of aliphatic hydroxyl groups excluding tert-OH is 1. The van der Waals surface area contributed by atoms with E-state index in [9.17, 15) is 9.90 Å². The molecule has 0 saturated carbocycles. The van der Waals surface area contributed by atoms with E-state index in [0.717, 1.165) is 50.3 Å². The molecule has 0 aliphatic carbocycles. The zero-order valence-electron chi connectivity index (χ0n) is 18.8. The standard InChI is InChI=1S/C24H34N4O4/c1-3-4-8-20(29)16-27-12-14-28(15-13-27)17-23-26-21(18-32-23)24(30)25-11-10-19-7-5-6-9-22(19)31-2/h3,5-7,9,18,20,29H,1,4,8,10-17H2,2H3,(H,25,30)/t20-/m1/s1. The van der Waals surface area contributed by atoms with Crippen molar-refractivity contribution in [1.29, 1.82) is 0 Å². The minimum absolute atomic E-state index is 0.242. The van der Waals surface area contributed by atoms with Crippen LogP contribution in [-0.2, 0) is 13.0 Å². The van der Waals surface area contributed by atoms with Crippen molar-refractivity contribution in [2.45, 2.75) is 31.9 Å². The van der Waals surface area contributed by atoms with Crippen LogP contribution in [0, 0.1) is 0 Å². The molecular weight excluding hydrogens is 408 g/mol. The lowest BCUT2D eigenvalue weighted by atomic mass is 10.1. The van der Waals surface area contributed by atoms with Crippen LogP contribution in [0.5, 0.6) is 5.75 Å². The lowest BCUT2D eigenvalue weighted by Crippen LogP contribution is -2.48. The second-order valence-corrected chi connectivity index (χ2v) is 8.04. The molecule has 3 rings (SSSR count). The smallest absolute Gasteiger partial charge is 0.273 e. The van der Waals surface area contributed by atoms with Crippen LogP contribution < -0.4 is 10.1 Å². The summed E-state index contributed by atoms with van der Waals surface area (Å²) in [7, 11) is 1.64. The second-order valence-electron chi connectivity index (χ2n) is 8.04. The van der Waals surface area contributed by atoms with Crippen LogP contribution in [0.3, 0.4) is 0 Å². The van der Waals surface area contributed by atoms with Crippen molar-refractivity contribution in [3.8, 4) is 5.75 Å². The van der Waals surface area contributed by atoms with Gasteiger partial charge in [0, 0.05) is 39.3 Å². The van der Waals surface area contributed by atoms with Gasteiger partial charge < -0.3 is 19.6 Å². The molecule has 0 radical (unpaired) electrons. The van der Waals surface area contributed by atoms with Gasteiger partial charge in [-0.2, -0.15) is 0 Å². The number of aliphatic hydroxyl groups is 1. The van der Waals surface area contributed by atoms with Crippen molar-refractivity contribution in [2.75, 3.05) is 46.4 Å². The van der Waals surface area contributed by atoms with Gasteiger partial charge >= 0.3 is 0 Å². The Hall–Kier alpha value is -2.68. The Labute approximate surface area is 189 Å². The van der Waals surface area contributed by atoms with Gasteiger partial charge in [0.05, 0.1) is 19.8 Å². The molecule has 32 heavy (non-hydrogen) atoms. The Bertz CT molecular complexity index is 861. The Morgan fingerprint density at radius 1 is 1.31 bits per heavy atom. The zero-order chi connectivity index (χ0) is 22.8. The predicted molar refractivity (Wildman–Crippen MR) is 123 cm³/mol. The molecule has 1 fully saturated rings. The van der Waals surface area contributed by atoms with E-state index in [1.54, 1.807) is 7.11 Å². The number of ether oxygens (including phenoxy) is 1. The van der Waals surface area contributed by atoms with Crippen LogP contribution in [0.1, 0.15) is 34.8 Å². The van der Waals surface area contributed by atoms with Crippen LogP contribution in [0.15, 0.2) is 47.6 Å². The molecular formula is C24H34N4O4. The van der Waals surface area contributed by atoms with Gasteiger partial charge in [0.1, 0.15) is 12.0 Å². The number of allylic oxidation sites excluding steroid dienone is 1. The quantitative estimate of drug-likeness (QED) is 0.487. The van der Waals surface area contributed by atoms with Crippen LogP contribution in [0.25, 0.3) is 0 Å². The lowest BCUT2D eigenvalue weighted by molar-refractivity contribution is 0.0642. The first-order valence-electron chi connectivity index (χ1n) is 11.2. The van der Waals surface area contributed by atoms with Gasteiger partial charge in [-0.3, -0.25) is 14.6 Å². The molecule has 1 saturated heterocycles. The Kier molecular flexibility index (Phi) is 9.27. The van der Waals surface area contributed by atoms with E-state index in [1.807, 2.05) is 30.3 Å². The first-order valence-corrected chi connectivity index (χ1v) is 11.2. The molecule has 1 amide bonds. The normalized spacial score (nSPS) is 15.9. The number of para-hydroxylation sites is 1. The molecule has 174 valence electrons. The molecule has 0 bridgehead atoms. The van der Waals surface area contributed by atoms with Crippen molar-refractivity contribution in [2.24, 2.45) is 0 Å². The van der Waals surface area contributed by atoms with Crippen molar-refractivity contribution in [3.05, 3.63) is 60.3 Å². The topological polar surface area (TPSA) is 91.1 Å². The van der Waals surface area contributed by atoms with E-state index < -0.39 is 0 Å². The molecule has 1 aliphatic rings. The summed E-state index contributed by atoms with van der Waals surface area (Å²) in [5, 5.41) is 13.0. The van der Waals surface area contributed by atoms with Crippen LogP contribution in [-0.4, -0.2) is 78.3 Å². The molecule has 8 nitrogen and oxygen atoms in total. The van der Waals surface area contributed by atoms with Crippen LogP contribution in [0.4, 0.5) is 0 Å². The molecule has 1 atom stereocenters. The Morgan fingerprint density at radius 2 is 2.06 bits per heavy atom. The average Bonchev–Trinajstić information content (AvgIpc) is 3.28. The number of carbonyl (C=O) groups is 1. The number of hydrogen-bond donors (Lipinski definition) is 2. The molecule has 2 aromatic rings. The van der Waals surface area contributed by atoms with E-state index in [2.05, 4.69) is 26.7 Å². The number of nitrogens with zero attached hydrogens (tertiary/aromatic N) is 3. The molecule has 8 heteroatoms. The number of hydrogen-bond acceptors (Lipinski definition) is 7. The summed E-state index contributed by atoms with van der Waals surface area (Å²) in [5.74, 6) is 1.12. The summed E-state index contributed by atoms with van der Waals surface area (Å²) >= 11 is 0. The number of oxazole rings is 1. The third-order valence-corrected chi connectivity index (χ3v) is 5.65. The van der Waals surface area contributed by atoms with Gasteiger partial charge in [-0.1, -0.05) is 24.3 Å². The first-order chi connectivity index (χ1) is 15.6. The summed E-state index contributed by atoms with van der Waals surface area (Å²) in [6.45, 7) is 8.98. The summed E-state index contributed by atoms with van der Waals surface area (Å²) < 4.78 is 10.9. The van der Waals surface area contributed by atoms with Gasteiger partial charge in [-0.15, -0.1) is 6.58 Å². The highest BCUT2D eigenvalue weighted by Crippen LogP contribution is 2.17. The molecule has 2 heterocycles. The number of rotatable bonds is 12. The minimum atomic E-state index is -0.310. The summed E-state index contributed by atoms with van der Waals surface area (Å²) in [5.41, 5.74) is 1.34. The highest BCUT2D eigenvalue weighted by Gasteiger charge is 2.21. The molecule has 1 aliphatic heterocycles. The minimum Gasteiger partial charge on any atom is -0.496 e. The number of carbonyl (C=O) groups excluding carboxylic acids is 1. The fraction of sp³-hybridized carbons (Fsp3) is 0.500. The maximum absolute atomic E-state index is 12.4. The largest absolute Gasteiger partial charge is 0.496 e. The number of amides is 1. The SMILES string of the molecule is C=CCC[C@@H](O)CN1CCN(Cc2nc(C(=O)NCCc3ccccc3OC)co2)CC1. The van der Waals surface area contributed by atoms with Crippen molar-refractivity contribution >= 4 is 5.91 Å². The first kappa shape index (κ1) is 24.0. The maximum atomic E-state index is 12.4. The second kappa shape index (κ2) is 12.4. The van der Waals surface area contributed by atoms with Crippen LogP contribution in [0.2, 0.25) is 0 Å². The third-order valence-electron chi connectivity index (χ3n) is 5.65. The highest BCUT2D eigenvalue weighted by atomic mass is 16.5. The lowest BCUT2D eigenvalue weighted by Gasteiger charge is -2.34. The number of methoxy groups -OCH3 is 1. The van der Waals surface area contributed by atoms with Gasteiger partial charge in [0.25, 0.3) is 5.91 Å². The fourth-order valence-electron chi connectivity index (χ4n) is 3.82. The monoisotopic (exact) mass is 442 g/mol. The van der Waals surface area contributed by atoms with Gasteiger partial charge in [0.2, 0.25) is 5.89 Å². The predicted octanol–water partition coefficient (Wildman–Crippen LogP) is 2.10. The van der Waals surface area contributed by atoms with Crippen molar-refractivity contribution < 1.29 is 19.1 Å². The van der Waals surface area contributed by atoms with Crippen LogP contribution >= 0.6 is 0 Å². The highest BCUT2D eigenvalue weighted by molar-refractivity contribution is 5.91. The summed E-state index contributed by atoms with van der Waals surface area (Å²) in [6, 6.07) is 7.77. The molecule has 0 spiro atoms. The number of aromatic nitrogens is 1. The Morgan fingerprint density at radius 3 is 2.81 bits per heavy atom. The number of benzene rings is 1. The molecule has 1 aromatic carbocycles. The van der Waals surface area contributed by atoms with E-state index in [4.69, 9.17) is 9.15 Å². The average molecular weight is 443 g/mol. The maximum Gasteiger partial charge on any atom is 0.273 e. The van der Waals surface area contributed by atoms with E-state index in [1.165, 1.54) is 6.26 Å². The van der Waals surface area contributed by atoms with Gasteiger partial charge in [0.15, 0.2) is 5.69 Å². The van der Waals surface area contributed by atoms with E-state index in [-0.39, 0.29) is 12.0 Å². The van der Waals surface area contributed by atoms with E-state index in [0.29, 0.717) is 37.6 Å². The third kappa shape index (κ3) is 7.19. The summed E-state index contributed by atoms with van der Waals surface area (Å²) in [4.78, 5) is 21.3. The van der Waals surface area contributed by atoms with Crippen molar-refractivity contribution in [3.63, 3.8) is 0 Å². The van der Waals surface area contributed by atoms with Gasteiger partial charge in [-0.25, -0.2) is 4.98 Å². The molecule has 2 N–H and O–H groups in total. The number of piperazine rings is 1. The molecule has 0 unspecified atom stereocenters. The zero-order valence-corrected chi connectivity index (χ0v) is 18.8. The van der Waals surface area contributed by atoms with E-state index >= 15 is 0 Å². The fourth-order valence-corrected chi connectivity index (χ4v) is 3.82. The Balaban J connectivity index is 1.39. The number of β-amino-alcohol motifs (C(OH)–C–C–N with tert-alkyl or cyclic N) is 1. The summed E-state index contributed by atoms with van der Waals surface area (Å²) in [6.07, 6.45) is 5.21. The number of nitrogens with one attached hydrogen (secondary N) is 1. The van der Waals surface area contributed by atoms with Gasteiger partial charge in [-0.05, 0) is 30.9 Å². The molecule has 1 aromatic heterocycles.